The molecule has 2 N–H and O–H groups in total. The minimum Gasteiger partial charge on any atom is -0.494 e. The highest BCUT2D eigenvalue weighted by Gasteiger charge is 2.28. The summed E-state index contributed by atoms with van der Waals surface area (Å²) in [6.45, 7) is 3.87. The van der Waals surface area contributed by atoms with E-state index in [0.29, 0.717) is 34.3 Å². The van der Waals surface area contributed by atoms with Crippen LogP contribution in [0.4, 0.5) is 0 Å². The number of esters is 1. The van der Waals surface area contributed by atoms with Crippen LogP contribution in [0.1, 0.15) is 65.0 Å². The molecule has 0 saturated carbocycles. The topological polar surface area (TPSA) is 101 Å². The fraction of sp³-hybridized carbons (Fsp3) is 0.321. The minimum atomic E-state index is -0.520. The van der Waals surface area contributed by atoms with E-state index in [0.717, 1.165) is 36.0 Å². The van der Waals surface area contributed by atoms with Gasteiger partial charge in [-0.05, 0) is 54.0 Å². The lowest BCUT2D eigenvalue weighted by molar-refractivity contribution is 0.0600. The van der Waals surface area contributed by atoms with Crippen LogP contribution in [0.25, 0.3) is 10.9 Å². The van der Waals surface area contributed by atoms with Gasteiger partial charge in [-0.3, -0.25) is 14.4 Å². The number of allylic oxidation sites excluding steroid dienone is 2. The molecule has 0 bridgehead atoms. The van der Waals surface area contributed by atoms with Gasteiger partial charge >= 0.3 is 5.97 Å². The number of carbonyl (C=O) groups is 2. The predicted octanol–water partition coefficient (Wildman–Crippen LogP) is 5.02. The number of aromatic hydroxyl groups is 1. The predicted molar refractivity (Wildman–Crippen MR) is 135 cm³/mol. The Kier molecular flexibility index (Phi) is 7.17. The van der Waals surface area contributed by atoms with Crippen LogP contribution in [0.5, 0.6) is 5.88 Å². The van der Waals surface area contributed by atoms with Gasteiger partial charge in [-0.1, -0.05) is 43.3 Å². The SMILES string of the molecule is COC(=O)c1ccc2c(C(=NCc3ccc(CO)cc3)C3=CCCCC3C)c(O)n(C(C)=O)c2c1. The molecule has 35 heavy (non-hydrogen) atoms. The lowest BCUT2D eigenvalue weighted by Crippen LogP contribution is -2.16. The van der Waals surface area contributed by atoms with Crippen LogP contribution in [0.15, 0.2) is 59.1 Å². The lowest BCUT2D eigenvalue weighted by Gasteiger charge is -2.22. The van der Waals surface area contributed by atoms with Crippen molar-refractivity contribution in [2.24, 2.45) is 10.9 Å². The number of hydrogen-bond acceptors (Lipinski definition) is 6. The van der Waals surface area contributed by atoms with Crippen molar-refractivity contribution in [2.45, 2.75) is 46.3 Å². The summed E-state index contributed by atoms with van der Waals surface area (Å²) in [5.74, 6) is -0.843. The van der Waals surface area contributed by atoms with Crippen LogP contribution in [0, 0.1) is 5.92 Å². The van der Waals surface area contributed by atoms with Crippen molar-refractivity contribution >= 4 is 28.5 Å². The van der Waals surface area contributed by atoms with Crippen molar-refractivity contribution in [3.63, 3.8) is 0 Å². The Morgan fingerprint density at radius 1 is 1.14 bits per heavy atom. The van der Waals surface area contributed by atoms with Crippen LogP contribution in [0.3, 0.4) is 0 Å². The fourth-order valence-corrected chi connectivity index (χ4v) is 4.67. The highest BCUT2D eigenvalue weighted by Crippen LogP contribution is 2.37. The van der Waals surface area contributed by atoms with Gasteiger partial charge < -0.3 is 14.9 Å². The Bertz CT molecular complexity index is 1330. The molecule has 0 fully saturated rings. The summed E-state index contributed by atoms with van der Waals surface area (Å²) in [7, 11) is 1.30. The van der Waals surface area contributed by atoms with Gasteiger partial charge in [0.05, 0.1) is 42.6 Å². The molecule has 1 unspecified atom stereocenters. The second-order valence-corrected chi connectivity index (χ2v) is 8.91. The van der Waals surface area contributed by atoms with Gasteiger partial charge in [-0.2, -0.15) is 0 Å². The first-order valence-corrected chi connectivity index (χ1v) is 11.8. The maximum atomic E-state index is 12.6. The van der Waals surface area contributed by atoms with E-state index in [1.807, 2.05) is 24.3 Å². The van der Waals surface area contributed by atoms with E-state index in [1.165, 1.54) is 18.6 Å². The second-order valence-electron chi connectivity index (χ2n) is 8.91. The van der Waals surface area contributed by atoms with E-state index in [-0.39, 0.29) is 24.3 Å². The molecule has 4 rings (SSSR count). The molecule has 0 radical (unpaired) electrons. The smallest absolute Gasteiger partial charge is 0.337 e. The number of aromatic nitrogens is 1. The first kappa shape index (κ1) is 24.4. The van der Waals surface area contributed by atoms with Gasteiger partial charge in [0.1, 0.15) is 0 Å². The average Bonchev–Trinajstić information content (AvgIpc) is 3.16. The van der Waals surface area contributed by atoms with Crippen LogP contribution in [-0.4, -0.2) is 39.5 Å². The third-order valence-corrected chi connectivity index (χ3v) is 6.55. The van der Waals surface area contributed by atoms with Crippen molar-refractivity contribution in [2.75, 3.05) is 7.11 Å². The molecule has 7 nitrogen and oxygen atoms in total. The Hall–Kier alpha value is -3.71. The number of fused-ring (bicyclic) bond motifs is 1. The van der Waals surface area contributed by atoms with E-state index in [9.17, 15) is 19.8 Å². The van der Waals surface area contributed by atoms with Crippen molar-refractivity contribution in [1.29, 1.82) is 0 Å². The van der Waals surface area contributed by atoms with E-state index in [4.69, 9.17) is 9.73 Å². The van der Waals surface area contributed by atoms with Crippen LogP contribution >= 0.6 is 0 Å². The maximum Gasteiger partial charge on any atom is 0.337 e. The normalized spacial score (nSPS) is 16.3. The molecule has 7 heteroatoms. The van der Waals surface area contributed by atoms with Crippen LogP contribution in [0.2, 0.25) is 0 Å². The Morgan fingerprint density at radius 2 is 1.86 bits per heavy atom. The number of ether oxygens (including phenoxy) is 1. The van der Waals surface area contributed by atoms with E-state index in [2.05, 4.69) is 13.0 Å². The highest BCUT2D eigenvalue weighted by atomic mass is 16.5. The molecule has 1 aliphatic carbocycles. The zero-order chi connectivity index (χ0) is 25.1. The molecule has 1 aliphatic rings. The van der Waals surface area contributed by atoms with Gasteiger partial charge in [-0.25, -0.2) is 4.79 Å². The molecule has 1 heterocycles. The summed E-state index contributed by atoms with van der Waals surface area (Å²) in [4.78, 5) is 29.7. The van der Waals surface area contributed by atoms with Gasteiger partial charge in [0.15, 0.2) is 0 Å². The number of rotatable bonds is 6. The monoisotopic (exact) mass is 474 g/mol. The third kappa shape index (κ3) is 4.77. The minimum absolute atomic E-state index is 0.0226. The highest BCUT2D eigenvalue weighted by molar-refractivity contribution is 6.22. The van der Waals surface area contributed by atoms with E-state index in [1.54, 1.807) is 18.2 Å². The van der Waals surface area contributed by atoms with Crippen molar-refractivity contribution in [3.8, 4) is 5.88 Å². The number of aliphatic hydroxyl groups is 1. The molecule has 0 saturated heterocycles. The Balaban J connectivity index is 1.92. The van der Waals surface area contributed by atoms with Gasteiger partial charge in [0.25, 0.3) is 0 Å². The fourth-order valence-electron chi connectivity index (χ4n) is 4.67. The summed E-state index contributed by atoms with van der Waals surface area (Å²) in [6, 6.07) is 12.5. The first-order chi connectivity index (χ1) is 16.8. The van der Waals surface area contributed by atoms with Gasteiger partial charge in [-0.15, -0.1) is 0 Å². The lowest BCUT2D eigenvalue weighted by atomic mass is 9.84. The van der Waals surface area contributed by atoms with E-state index < -0.39 is 5.97 Å². The van der Waals surface area contributed by atoms with Gasteiger partial charge in [0, 0.05) is 12.3 Å². The molecule has 1 atom stereocenters. The van der Waals surface area contributed by atoms with Crippen molar-refractivity contribution < 1.29 is 24.5 Å². The average molecular weight is 475 g/mol. The van der Waals surface area contributed by atoms with Crippen molar-refractivity contribution in [1.82, 2.24) is 4.57 Å². The Labute approximate surface area is 204 Å². The van der Waals surface area contributed by atoms with Crippen molar-refractivity contribution in [3.05, 3.63) is 76.4 Å². The molecule has 1 aromatic heterocycles. The maximum absolute atomic E-state index is 12.6. The molecule has 182 valence electrons. The van der Waals surface area contributed by atoms with Gasteiger partial charge in [0.2, 0.25) is 11.8 Å². The number of benzene rings is 2. The first-order valence-electron chi connectivity index (χ1n) is 11.8. The quantitative estimate of drug-likeness (QED) is 0.386. The van der Waals surface area contributed by atoms with Crippen LogP contribution in [-0.2, 0) is 17.9 Å². The summed E-state index contributed by atoms with van der Waals surface area (Å²) in [5, 5.41) is 21.3. The number of nitrogens with zero attached hydrogens (tertiary/aromatic N) is 2. The second kappa shape index (κ2) is 10.3. The molecule has 0 aliphatic heterocycles. The zero-order valence-corrected chi connectivity index (χ0v) is 20.2. The Morgan fingerprint density at radius 3 is 2.49 bits per heavy atom. The number of aliphatic hydroxyl groups excluding tert-OH is 1. The molecule has 2 aromatic carbocycles. The van der Waals surface area contributed by atoms with E-state index >= 15 is 0 Å². The molecule has 0 spiro atoms. The summed E-state index contributed by atoms with van der Waals surface area (Å²) in [5.41, 5.74) is 4.68. The number of aliphatic imine (C=N–C) groups is 1. The molecule has 3 aromatic rings. The van der Waals surface area contributed by atoms with Crippen LogP contribution < -0.4 is 0 Å². The largest absolute Gasteiger partial charge is 0.494 e. The third-order valence-electron chi connectivity index (χ3n) is 6.55. The zero-order valence-electron chi connectivity index (χ0n) is 20.2. The molecule has 0 amide bonds. The summed E-state index contributed by atoms with van der Waals surface area (Å²) in [6.07, 6.45) is 5.18. The standard InChI is InChI=1S/C28H30N2O5/c1-17-6-4-5-7-22(17)26(29-15-19-8-10-20(16-31)11-9-19)25-23-13-12-21(28(34)35-3)14-24(23)30(18(2)32)27(25)33/h7-14,17,31,33H,4-6,15-16H2,1-3H3. The molecular formula is C28H30N2O5. The summed E-state index contributed by atoms with van der Waals surface area (Å²) >= 11 is 0. The molecular weight excluding hydrogens is 444 g/mol. The number of hydrogen-bond donors (Lipinski definition) is 2. The summed E-state index contributed by atoms with van der Waals surface area (Å²) < 4.78 is 6.06. The number of carbonyl (C=O) groups excluding carboxylic acids is 2. The number of methoxy groups -OCH3 is 1.